The zero-order chi connectivity index (χ0) is 17.4. The van der Waals surface area contributed by atoms with Crippen molar-refractivity contribution < 1.29 is 4.57 Å². The fourth-order valence-electron chi connectivity index (χ4n) is 4.71. The lowest BCUT2D eigenvalue weighted by Crippen LogP contribution is -2.37. The van der Waals surface area contributed by atoms with Gasteiger partial charge in [-0.05, 0) is 30.7 Å². The molecule has 3 heterocycles. The molecule has 2 heteroatoms. The van der Waals surface area contributed by atoms with Crippen molar-refractivity contribution in [3.8, 4) is 11.3 Å². The normalized spacial score (nSPS) is 15.7. The highest BCUT2D eigenvalue weighted by Crippen LogP contribution is 2.46. The van der Waals surface area contributed by atoms with E-state index < -0.39 is 0 Å². The Balaban J connectivity index is 1.85. The van der Waals surface area contributed by atoms with Crippen LogP contribution in [0.2, 0.25) is 0 Å². The Hall–Kier alpha value is -2.71. The van der Waals surface area contributed by atoms with Gasteiger partial charge in [-0.25, -0.2) is 0 Å². The van der Waals surface area contributed by atoms with Crippen LogP contribution < -0.4 is 4.57 Å². The van der Waals surface area contributed by atoms with E-state index >= 15 is 0 Å². The van der Waals surface area contributed by atoms with Crippen LogP contribution in [0, 0.1) is 6.92 Å². The molecule has 0 saturated carbocycles. The Kier molecular flexibility index (Phi) is 2.74. The maximum atomic E-state index is 2.53. The summed E-state index contributed by atoms with van der Waals surface area (Å²) < 4.78 is 5.29. The van der Waals surface area contributed by atoms with E-state index in [9.17, 15) is 0 Å². The number of rotatable bonds is 0. The van der Waals surface area contributed by atoms with Crippen LogP contribution in [0.5, 0.6) is 0 Å². The first-order chi connectivity index (χ1) is 12.7. The number of aryl methyl sites for hydroxylation is 1. The Morgan fingerprint density at radius 1 is 0.846 bits per heavy atom. The maximum absolute atomic E-state index is 2.53. The summed E-state index contributed by atoms with van der Waals surface area (Å²) in [6.07, 6.45) is 0. The monoisotopic (exact) mass is 352 g/mol. The van der Waals surface area contributed by atoms with Gasteiger partial charge in [0.15, 0.2) is 6.04 Å². The van der Waals surface area contributed by atoms with Crippen LogP contribution >= 0.6 is 11.3 Å². The Morgan fingerprint density at radius 3 is 2.50 bits per heavy atom. The molecule has 124 valence electrons. The Labute approximate surface area is 156 Å². The average molecular weight is 352 g/mol. The van der Waals surface area contributed by atoms with Gasteiger partial charge in [0, 0.05) is 50.2 Å². The number of hydrogen-bond acceptors (Lipinski definition) is 1. The molecule has 0 fully saturated rings. The molecule has 1 atom stereocenters. The van der Waals surface area contributed by atoms with E-state index in [1.807, 2.05) is 11.3 Å². The molecule has 0 bridgehead atoms. The second-order valence-corrected chi connectivity index (χ2v) is 8.36. The first-order valence-electron chi connectivity index (χ1n) is 9.12. The molecule has 3 aromatic carbocycles. The molecule has 5 aromatic rings. The number of thiophene rings is 1. The van der Waals surface area contributed by atoms with Gasteiger partial charge < -0.3 is 0 Å². The molecule has 0 radical (unpaired) electrons. The third-order valence-corrected chi connectivity index (χ3v) is 7.01. The van der Waals surface area contributed by atoms with Gasteiger partial charge in [0.05, 0.1) is 5.56 Å². The minimum Gasteiger partial charge on any atom is -0.184 e. The number of benzene rings is 3. The lowest BCUT2D eigenvalue weighted by molar-refractivity contribution is -0.669. The molecular weight excluding hydrogens is 334 g/mol. The van der Waals surface area contributed by atoms with Gasteiger partial charge >= 0.3 is 0 Å². The van der Waals surface area contributed by atoms with Crippen molar-refractivity contribution in [2.75, 3.05) is 0 Å². The van der Waals surface area contributed by atoms with Gasteiger partial charge in [0.25, 0.3) is 0 Å². The smallest absolute Gasteiger partial charge is 0.184 e. The highest BCUT2D eigenvalue weighted by Gasteiger charge is 2.37. The van der Waals surface area contributed by atoms with Crippen molar-refractivity contribution in [1.82, 2.24) is 0 Å². The zero-order valence-corrected chi connectivity index (χ0v) is 15.6. The summed E-state index contributed by atoms with van der Waals surface area (Å²) in [5, 5.41) is 4.16. The molecule has 0 N–H and O–H groups in total. The Bertz CT molecular complexity index is 1360. The molecule has 1 aliphatic rings. The van der Waals surface area contributed by atoms with E-state index in [-0.39, 0.29) is 0 Å². The minimum absolute atomic E-state index is 0.355. The third kappa shape index (κ3) is 1.68. The van der Waals surface area contributed by atoms with Crippen molar-refractivity contribution in [2.24, 2.45) is 0 Å². The van der Waals surface area contributed by atoms with Crippen molar-refractivity contribution >= 4 is 42.4 Å². The van der Waals surface area contributed by atoms with Crippen LogP contribution in [0.3, 0.4) is 0 Å². The van der Waals surface area contributed by atoms with E-state index in [0.717, 1.165) is 0 Å². The van der Waals surface area contributed by atoms with Crippen molar-refractivity contribution in [1.29, 1.82) is 0 Å². The first kappa shape index (κ1) is 14.5. The predicted octanol–water partition coefficient (Wildman–Crippen LogP) is 6.39. The molecule has 0 spiro atoms. The van der Waals surface area contributed by atoms with Crippen LogP contribution in [0.25, 0.3) is 42.3 Å². The van der Waals surface area contributed by atoms with E-state index in [4.69, 9.17) is 0 Å². The fourth-order valence-corrected chi connectivity index (χ4v) is 5.82. The lowest BCUT2D eigenvalue weighted by Gasteiger charge is -2.06. The summed E-state index contributed by atoms with van der Waals surface area (Å²) >= 11 is 1.90. The molecule has 0 aliphatic carbocycles. The molecule has 1 nitrogen and oxygen atoms in total. The number of pyridine rings is 1. The molecule has 0 saturated heterocycles. The van der Waals surface area contributed by atoms with E-state index in [2.05, 4.69) is 85.1 Å². The maximum Gasteiger partial charge on any atom is 0.215 e. The number of para-hydroxylation sites is 1. The van der Waals surface area contributed by atoms with Crippen molar-refractivity contribution in [2.45, 2.75) is 19.9 Å². The van der Waals surface area contributed by atoms with Crippen molar-refractivity contribution in [3.63, 3.8) is 0 Å². The summed E-state index contributed by atoms with van der Waals surface area (Å²) in [6.45, 7) is 4.56. The third-order valence-electron chi connectivity index (χ3n) is 5.87. The van der Waals surface area contributed by atoms with Gasteiger partial charge in [-0.15, -0.1) is 11.3 Å². The molecule has 26 heavy (non-hydrogen) atoms. The average Bonchev–Trinajstić information content (AvgIpc) is 3.18. The fraction of sp³-hybridized carbons (Fsp3) is 0.125. The molecule has 1 unspecified atom stereocenters. The van der Waals surface area contributed by atoms with Gasteiger partial charge in [-0.2, -0.15) is 4.57 Å². The number of hydrogen-bond donors (Lipinski definition) is 0. The van der Waals surface area contributed by atoms with Gasteiger partial charge in [0.2, 0.25) is 11.2 Å². The quantitative estimate of drug-likeness (QED) is 0.284. The molecule has 2 aromatic heterocycles. The highest BCUT2D eigenvalue weighted by atomic mass is 32.1. The second kappa shape index (κ2) is 4.93. The highest BCUT2D eigenvalue weighted by molar-refractivity contribution is 7.25. The van der Waals surface area contributed by atoms with E-state index in [1.165, 1.54) is 53.5 Å². The van der Waals surface area contributed by atoms with Crippen molar-refractivity contribution in [3.05, 3.63) is 77.9 Å². The standard InChI is InChI=1S/C24H18NS/c1-14-13-20-23-17(15(2)25(20)19-9-5-3-7-16(14)19)11-12-22-24(23)18-8-4-6-10-21(18)26-22/h3-13,15H,1-2H3/q+1. The summed E-state index contributed by atoms with van der Waals surface area (Å²) in [5.74, 6) is 0. The van der Waals surface area contributed by atoms with Crippen LogP contribution in [0.15, 0.2) is 66.7 Å². The second-order valence-electron chi connectivity index (χ2n) is 7.28. The van der Waals surface area contributed by atoms with Gasteiger partial charge in [0.1, 0.15) is 0 Å². The van der Waals surface area contributed by atoms with Crippen LogP contribution in [0.1, 0.15) is 24.1 Å². The Morgan fingerprint density at radius 2 is 1.62 bits per heavy atom. The summed E-state index contributed by atoms with van der Waals surface area (Å²) in [7, 11) is 0. The van der Waals surface area contributed by atoms with Crippen LogP contribution in [0.4, 0.5) is 0 Å². The number of fused-ring (bicyclic) bond motifs is 9. The van der Waals surface area contributed by atoms with E-state index in [0.29, 0.717) is 6.04 Å². The summed E-state index contributed by atoms with van der Waals surface area (Å²) in [5.41, 5.74) is 6.92. The number of nitrogens with zero attached hydrogens (tertiary/aromatic N) is 1. The SMILES string of the molecule is Cc1cc2[n+](c3ccccc13)C(C)c1ccc3sc4ccccc4c3c1-2. The topological polar surface area (TPSA) is 3.88 Å². The molecule has 0 amide bonds. The van der Waals surface area contributed by atoms with Crippen LogP contribution in [-0.4, -0.2) is 0 Å². The minimum atomic E-state index is 0.355. The largest absolute Gasteiger partial charge is 0.215 e. The molecule has 1 aliphatic heterocycles. The van der Waals surface area contributed by atoms with Gasteiger partial charge in [-0.3, -0.25) is 0 Å². The van der Waals surface area contributed by atoms with Crippen LogP contribution in [-0.2, 0) is 0 Å². The van der Waals surface area contributed by atoms with E-state index in [1.54, 1.807) is 0 Å². The molecular formula is C24H18NS+. The zero-order valence-electron chi connectivity index (χ0n) is 14.8. The van der Waals surface area contributed by atoms with Gasteiger partial charge in [-0.1, -0.05) is 36.4 Å². The number of aromatic nitrogens is 1. The first-order valence-corrected chi connectivity index (χ1v) is 9.94. The summed E-state index contributed by atoms with van der Waals surface area (Å²) in [6, 6.07) is 25.0. The predicted molar refractivity (Wildman–Crippen MR) is 111 cm³/mol. The lowest BCUT2D eigenvalue weighted by atomic mass is 9.97. The summed E-state index contributed by atoms with van der Waals surface area (Å²) in [4.78, 5) is 0. The molecule has 6 rings (SSSR count).